The topological polar surface area (TPSA) is 41.6 Å². The van der Waals surface area contributed by atoms with Crippen molar-refractivity contribution in [3.8, 4) is 5.75 Å². The Kier molecular flexibility index (Phi) is 6.39. The number of carbonyl (C=O) groups excluding carboxylic acids is 1. The summed E-state index contributed by atoms with van der Waals surface area (Å²) in [5, 5.41) is 3.34. The van der Waals surface area contributed by atoms with Gasteiger partial charge in [-0.1, -0.05) is 19.3 Å². The maximum absolute atomic E-state index is 12.3. The lowest BCUT2D eigenvalue weighted by Gasteiger charge is -2.32. The number of hydrogen-bond acceptors (Lipinski definition) is 3. The molecule has 0 saturated heterocycles. The van der Waals surface area contributed by atoms with Gasteiger partial charge in [0.25, 0.3) is 5.91 Å². The summed E-state index contributed by atoms with van der Waals surface area (Å²) >= 11 is 5.39. The summed E-state index contributed by atoms with van der Waals surface area (Å²) in [6, 6.07) is 7.58. The fourth-order valence-electron chi connectivity index (χ4n) is 2.85. The van der Waals surface area contributed by atoms with Gasteiger partial charge in [-0.25, -0.2) is 0 Å². The van der Waals surface area contributed by atoms with E-state index < -0.39 is 0 Å². The first-order valence-electron chi connectivity index (χ1n) is 8.32. The summed E-state index contributed by atoms with van der Waals surface area (Å²) < 4.78 is 5.58. The van der Waals surface area contributed by atoms with Crippen LogP contribution in [0.15, 0.2) is 24.3 Å². The van der Waals surface area contributed by atoms with Crippen molar-refractivity contribution in [1.82, 2.24) is 10.2 Å². The lowest BCUT2D eigenvalue weighted by Crippen LogP contribution is -2.46. The molecule has 2 rings (SSSR count). The second-order valence-electron chi connectivity index (χ2n) is 6.35. The summed E-state index contributed by atoms with van der Waals surface area (Å²) in [4.78, 5) is 14.3. The van der Waals surface area contributed by atoms with Gasteiger partial charge >= 0.3 is 0 Å². The minimum atomic E-state index is -0.172. The molecule has 0 bridgehead atoms. The molecular weight excluding hydrogens is 308 g/mol. The molecule has 0 radical (unpaired) electrons. The maximum atomic E-state index is 12.3. The Labute approximate surface area is 144 Å². The number of amides is 1. The Balaban J connectivity index is 1.91. The number of ether oxygens (including phenoxy) is 1. The Morgan fingerprint density at radius 2 is 1.83 bits per heavy atom. The molecule has 5 heteroatoms. The van der Waals surface area contributed by atoms with Crippen molar-refractivity contribution in [1.29, 1.82) is 0 Å². The second kappa shape index (κ2) is 8.29. The minimum absolute atomic E-state index is 0.117. The van der Waals surface area contributed by atoms with Crippen LogP contribution in [0.1, 0.15) is 56.3 Å². The monoisotopic (exact) mass is 334 g/mol. The molecule has 0 atom stereocenters. The zero-order valence-electron chi connectivity index (χ0n) is 14.2. The summed E-state index contributed by atoms with van der Waals surface area (Å²) in [7, 11) is 1.97. The molecule has 0 aromatic heterocycles. The van der Waals surface area contributed by atoms with E-state index in [0.29, 0.717) is 16.7 Å². The predicted octanol–water partition coefficient (Wildman–Crippen LogP) is 3.75. The van der Waals surface area contributed by atoms with Gasteiger partial charge < -0.3 is 9.64 Å². The number of benzene rings is 1. The number of thiocarbonyl (C=S) groups is 1. The van der Waals surface area contributed by atoms with E-state index in [1.807, 2.05) is 37.9 Å². The van der Waals surface area contributed by atoms with Gasteiger partial charge in [0.1, 0.15) is 5.75 Å². The van der Waals surface area contributed by atoms with Crippen LogP contribution in [0.2, 0.25) is 0 Å². The predicted molar refractivity (Wildman–Crippen MR) is 96.9 cm³/mol. The van der Waals surface area contributed by atoms with E-state index in [9.17, 15) is 4.79 Å². The Morgan fingerprint density at radius 1 is 1.22 bits per heavy atom. The Hall–Kier alpha value is -1.62. The van der Waals surface area contributed by atoms with E-state index in [-0.39, 0.29) is 12.0 Å². The van der Waals surface area contributed by atoms with Crippen LogP contribution in [-0.4, -0.2) is 35.1 Å². The third-order valence-electron chi connectivity index (χ3n) is 4.15. The maximum Gasteiger partial charge on any atom is 0.257 e. The van der Waals surface area contributed by atoms with Crippen LogP contribution in [0.3, 0.4) is 0 Å². The standard InChI is InChI=1S/C18H26N2O2S/c1-13(2)22-16-11-9-14(10-12-16)17(21)19-18(23)20(3)15-7-5-4-6-8-15/h9-13,15H,4-8H2,1-3H3,(H,19,21,23). The molecule has 1 saturated carbocycles. The first-order valence-corrected chi connectivity index (χ1v) is 8.73. The first kappa shape index (κ1) is 17.7. The van der Waals surface area contributed by atoms with E-state index in [4.69, 9.17) is 17.0 Å². The zero-order valence-corrected chi connectivity index (χ0v) is 15.0. The normalized spacial score (nSPS) is 15.3. The number of rotatable bonds is 4. The molecule has 1 aliphatic rings. The van der Waals surface area contributed by atoms with Crippen LogP contribution in [-0.2, 0) is 0 Å². The summed E-state index contributed by atoms with van der Waals surface area (Å²) in [6.07, 6.45) is 6.19. The molecule has 1 aromatic carbocycles. The van der Waals surface area contributed by atoms with Gasteiger partial charge in [0.15, 0.2) is 5.11 Å². The fourth-order valence-corrected chi connectivity index (χ4v) is 3.09. The Morgan fingerprint density at radius 3 is 2.39 bits per heavy atom. The Bertz CT molecular complexity index is 536. The first-order chi connectivity index (χ1) is 11.0. The van der Waals surface area contributed by atoms with Crippen LogP contribution in [0, 0.1) is 0 Å². The van der Waals surface area contributed by atoms with Crippen LogP contribution >= 0.6 is 12.2 Å². The highest BCUT2D eigenvalue weighted by molar-refractivity contribution is 7.80. The minimum Gasteiger partial charge on any atom is -0.491 e. The quantitative estimate of drug-likeness (QED) is 0.852. The van der Waals surface area contributed by atoms with E-state index in [0.717, 1.165) is 18.6 Å². The van der Waals surface area contributed by atoms with Crippen LogP contribution in [0.5, 0.6) is 5.75 Å². The molecule has 0 spiro atoms. The highest BCUT2D eigenvalue weighted by Crippen LogP contribution is 2.21. The van der Waals surface area contributed by atoms with Crippen molar-refractivity contribution in [2.75, 3.05) is 7.05 Å². The molecule has 1 amide bonds. The smallest absolute Gasteiger partial charge is 0.257 e. The SMILES string of the molecule is CC(C)Oc1ccc(C(=O)NC(=S)N(C)C2CCCCC2)cc1. The largest absolute Gasteiger partial charge is 0.491 e. The van der Waals surface area contributed by atoms with Crippen molar-refractivity contribution in [2.24, 2.45) is 0 Å². The molecule has 126 valence electrons. The van der Waals surface area contributed by atoms with Gasteiger partial charge in [-0.3, -0.25) is 10.1 Å². The summed E-state index contributed by atoms with van der Waals surface area (Å²) in [5.74, 6) is 0.590. The summed E-state index contributed by atoms with van der Waals surface area (Å²) in [5.41, 5.74) is 0.584. The number of carbonyl (C=O) groups is 1. The van der Waals surface area contributed by atoms with Gasteiger partial charge in [-0.05, 0) is 63.2 Å². The highest BCUT2D eigenvalue weighted by Gasteiger charge is 2.21. The number of nitrogens with one attached hydrogen (secondary N) is 1. The van der Waals surface area contributed by atoms with Gasteiger partial charge in [0.05, 0.1) is 6.10 Å². The van der Waals surface area contributed by atoms with Gasteiger partial charge in [0.2, 0.25) is 0 Å². The van der Waals surface area contributed by atoms with Crippen LogP contribution in [0.4, 0.5) is 0 Å². The fraction of sp³-hybridized carbons (Fsp3) is 0.556. The molecule has 0 heterocycles. The second-order valence-corrected chi connectivity index (χ2v) is 6.74. The molecule has 1 N–H and O–H groups in total. The third-order valence-corrected chi connectivity index (χ3v) is 4.54. The number of hydrogen-bond donors (Lipinski definition) is 1. The van der Waals surface area contributed by atoms with E-state index in [2.05, 4.69) is 5.32 Å². The van der Waals surface area contributed by atoms with Crippen LogP contribution < -0.4 is 10.1 Å². The lowest BCUT2D eigenvalue weighted by atomic mass is 9.95. The van der Waals surface area contributed by atoms with Gasteiger partial charge in [-0.2, -0.15) is 0 Å². The van der Waals surface area contributed by atoms with Crippen LogP contribution in [0.25, 0.3) is 0 Å². The summed E-state index contributed by atoms with van der Waals surface area (Å²) in [6.45, 7) is 3.94. The molecule has 1 fully saturated rings. The van der Waals surface area contributed by atoms with Gasteiger partial charge in [-0.15, -0.1) is 0 Å². The molecule has 1 aliphatic carbocycles. The molecule has 23 heavy (non-hydrogen) atoms. The average Bonchev–Trinajstić information content (AvgIpc) is 2.55. The molecule has 0 aliphatic heterocycles. The van der Waals surface area contributed by atoms with Crippen molar-refractivity contribution in [3.63, 3.8) is 0 Å². The lowest BCUT2D eigenvalue weighted by molar-refractivity contribution is 0.0972. The number of nitrogens with zero attached hydrogens (tertiary/aromatic N) is 1. The van der Waals surface area contributed by atoms with Crippen molar-refractivity contribution in [3.05, 3.63) is 29.8 Å². The highest BCUT2D eigenvalue weighted by atomic mass is 32.1. The molecule has 1 aromatic rings. The van der Waals surface area contributed by atoms with E-state index >= 15 is 0 Å². The average molecular weight is 334 g/mol. The van der Waals surface area contributed by atoms with Crippen molar-refractivity contribution >= 4 is 23.2 Å². The molecule has 4 nitrogen and oxygen atoms in total. The molecule has 0 unspecified atom stereocenters. The third kappa shape index (κ3) is 5.20. The molecular formula is C18H26N2O2S. The van der Waals surface area contributed by atoms with Gasteiger partial charge in [0, 0.05) is 18.7 Å². The van der Waals surface area contributed by atoms with Crippen molar-refractivity contribution in [2.45, 2.75) is 58.1 Å². The van der Waals surface area contributed by atoms with Crippen molar-refractivity contribution < 1.29 is 9.53 Å². The van der Waals surface area contributed by atoms with E-state index in [1.54, 1.807) is 12.1 Å². The van der Waals surface area contributed by atoms with E-state index in [1.165, 1.54) is 19.3 Å². The zero-order chi connectivity index (χ0) is 16.8.